The quantitative estimate of drug-likeness (QED) is 0.600. The van der Waals surface area contributed by atoms with Gasteiger partial charge in [-0.3, -0.25) is 4.79 Å². The van der Waals surface area contributed by atoms with Crippen molar-refractivity contribution in [3.05, 3.63) is 38.0 Å². The summed E-state index contributed by atoms with van der Waals surface area (Å²) in [5.41, 5.74) is -0.649. The number of ether oxygens (including phenoxy) is 3. The first-order valence-electron chi connectivity index (χ1n) is 7.41. The highest BCUT2D eigenvalue weighted by molar-refractivity contribution is 5.77. The lowest BCUT2D eigenvalue weighted by Gasteiger charge is -2.25. The van der Waals surface area contributed by atoms with Crippen LogP contribution in [0.4, 0.5) is 4.79 Å². The molecular weight excluding hydrogens is 298 g/mol. The molecule has 0 spiro atoms. The third-order valence-corrected chi connectivity index (χ3v) is 3.17. The van der Waals surface area contributed by atoms with Crippen LogP contribution in [0.5, 0.6) is 0 Å². The van der Waals surface area contributed by atoms with E-state index >= 15 is 0 Å². The Morgan fingerprint density at radius 3 is 2.26 bits per heavy atom. The van der Waals surface area contributed by atoms with E-state index in [9.17, 15) is 9.59 Å². The molecule has 1 aliphatic rings. The summed E-state index contributed by atoms with van der Waals surface area (Å²) in [6.45, 7) is 16.2. The SMILES string of the molecule is C=CCOC(=O)[C@H]1[C@@H](NC(=O)OC(C)(C)C)[C@H](C=C)O[C@@H]1C=C. The minimum atomic E-state index is -0.733. The first-order chi connectivity index (χ1) is 10.7. The number of carbonyl (C=O) groups excluding carboxylic acids is 2. The topological polar surface area (TPSA) is 73.9 Å². The standard InChI is InChI=1S/C17H25NO5/c1-7-10-21-15(19)13-11(8-2)22-12(9-3)14(13)18-16(20)23-17(4,5)6/h7-9,11-14H,1-3,10H2,4-6H3,(H,18,20)/t11-,12+,13-,14+/m1/s1. The smallest absolute Gasteiger partial charge is 0.407 e. The molecule has 4 atom stereocenters. The molecule has 0 saturated carbocycles. The Kier molecular flexibility index (Phi) is 6.57. The van der Waals surface area contributed by atoms with Gasteiger partial charge in [0.05, 0.1) is 18.2 Å². The molecule has 0 bridgehead atoms. The maximum absolute atomic E-state index is 12.3. The lowest BCUT2D eigenvalue weighted by Crippen LogP contribution is -2.48. The summed E-state index contributed by atoms with van der Waals surface area (Å²) < 4.78 is 16.0. The van der Waals surface area contributed by atoms with Gasteiger partial charge in [0, 0.05) is 0 Å². The number of rotatable bonds is 6. The zero-order valence-corrected chi connectivity index (χ0v) is 13.9. The molecule has 0 aromatic carbocycles. The minimum Gasteiger partial charge on any atom is -0.461 e. The molecule has 1 fully saturated rings. The summed E-state index contributed by atoms with van der Waals surface area (Å²) in [6.07, 6.45) is 2.73. The number of hydrogen-bond acceptors (Lipinski definition) is 5. The van der Waals surface area contributed by atoms with E-state index in [-0.39, 0.29) is 6.61 Å². The maximum Gasteiger partial charge on any atom is 0.407 e. The van der Waals surface area contributed by atoms with E-state index in [0.29, 0.717) is 0 Å². The molecule has 0 aliphatic carbocycles. The monoisotopic (exact) mass is 323 g/mol. The van der Waals surface area contributed by atoms with Crippen molar-refractivity contribution < 1.29 is 23.8 Å². The van der Waals surface area contributed by atoms with Gasteiger partial charge in [0.1, 0.15) is 18.1 Å². The molecule has 0 aromatic rings. The number of esters is 1. The summed E-state index contributed by atoms with van der Waals surface area (Å²) >= 11 is 0. The Bertz CT molecular complexity index is 480. The van der Waals surface area contributed by atoms with E-state index in [1.165, 1.54) is 18.2 Å². The largest absolute Gasteiger partial charge is 0.461 e. The van der Waals surface area contributed by atoms with Crippen molar-refractivity contribution in [1.29, 1.82) is 0 Å². The fourth-order valence-electron chi connectivity index (χ4n) is 2.30. The molecule has 1 heterocycles. The Labute approximate surface area is 137 Å². The average molecular weight is 323 g/mol. The Hall–Kier alpha value is -2.08. The molecule has 0 aromatic heterocycles. The molecule has 1 aliphatic heterocycles. The van der Waals surface area contributed by atoms with Gasteiger partial charge in [0.15, 0.2) is 0 Å². The normalized spacial score (nSPS) is 26.9. The Balaban J connectivity index is 2.93. The lowest BCUT2D eigenvalue weighted by molar-refractivity contribution is -0.148. The number of hydrogen-bond donors (Lipinski definition) is 1. The highest BCUT2D eigenvalue weighted by atomic mass is 16.6. The van der Waals surface area contributed by atoms with Crippen LogP contribution in [0.2, 0.25) is 0 Å². The van der Waals surface area contributed by atoms with Gasteiger partial charge in [-0.05, 0) is 20.8 Å². The molecule has 1 amide bonds. The Morgan fingerprint density at radius 2 is 1.78 bits per heavy atom. The highest BCUT2D eigenvalue weighted by Gasteiger charge is 2.48. The molecule has 0 radical (unpaired) electrons. The summed E-state index contributed by atoms with van der Waals surface area (Å²) in [7, 11) is 0. The van der Waals surface area contributed by atoms with Crippen LogP contribution in [0, 0.1) is 5.92 Å². The van der Waals surface area contributed by atoms with Crippen LogP contribution in [0.3, 0.4) is 0 Å². The average Bonchev–Trinajstić information content (AvgIpc) is 2.80. The summed E-state index contributed by atoms with van der Waals surface area (Å²) in [6, 6.07) is -0.650. The van der Waals surface area contributed by atoms with E-state index in [1.807, 2.05) is 0 Å². The van der Waals surface area contributed by atoms with Crippen molar-refractivity contribution in [1.82, 2.24) is 5.32 Å². The van der Waals surface area contributed by atoms with Crippen LogP contribution < -0.4 is 5.32 Å². The zero-order chi connectivity index (χ0) is 17.6. The van der Waals surface area contributed by atoms with Crippen LogP contribution in [0.25, 0.3) is 0 Å². The van der Waals surface area contributed by atoms with Crippen molar-refractivity contribution in [3.63, 3.8) is 0 Å². The molecule has 6 nitrogen and oxygen atoms in total. The third kappa shape index (κ3) is 5.25. The molecule has 1 rings (SSSR count). The van der Waals surface area contributed by atoms with Gasteiger partial charge < -0.3 is 19.5 Å². The molecular formula is C17H25NO5. The second kappa shape index (κ2) is 7.97. The summed E-state index contributed by atoms with van der Waals surface area (Å²) in [5.74, 6) is -1.23. The molecule has 23 heavy (non-hydrogen) atoms. The fourth-order valence-corrected chi connectivity index (χ4v) is 2.30. The van der Waals surface area contributed by atoms with Gasteiger partial charge in [-0.15, -0.1) is 13.2 Å². The van der Waals surface area contributed by atoms with E-state index in [1.54, 1.807) is 20.8 Å². The van der Waals surface area contributed by atoms with Crippen LogP contribution >= 0.6 is 0 Å². The number of nitrogens with one attached hydrogen (secondary N) is 1. The second-order valence-electron chi connectivity index (χ2n) is 6.15. The van der Waals surface area contributed by atoms with Gasteiger partial charge in [0.2, 0.25) is 0 Å². The predicted molar refractivity (Wildman–Crippen MR) is 86.9 cm³/mol. The van der Waals surface area contributed by atoms with E-state index in [4.69, 9.17) is 14.2 Å². The van der Waals surface area contributed by atoms with Crippen LogP contribution in [-0.2, 0) is 19.0 Å². The van der Waals surface area contributed by atoms with Crippen LogP contribution in [0.15, 0.2) is 38.0 Å². The van der Waals surface area contributed by atoms with Crippen molar-refractivity contribution >= 4 is 12.1 Å². The van der Waals surface area contributed by atoms with Crippen molar-refractivity contribution in [2.75, 3.05) is 6.61 Å². The molecule has 1 saturated heterocycles. The summed E-state index contributed by atoms with van der Waals surface area (Å²) in [5, 5.41) is 2.68. The van der Waals surface area contributed by atoms with E-state index in [0.717, 1.165) is 0 Å². The van der Waals surface area contributed by atoms with Crippen molar-refractivity contribution in [3.8, 4) is 0 Å². The van der Waals surface area contributed by atoms with Gasteiger partial charge in [0.25, 0.3) is 0 Å². The lowest BCUT2D eigenvalue weighted by atomic mass is 9.93. The first-order valence-corrected chi connectivity index (χ1v) is 7.41. The molecule has 0 unspecified atom stereocenters. The number of amides is 1. The minimum absolute atomic E-state index is 0.0805. The van der Waals surface area contributed by atoms with Gasteiger partial charge >= 0.3 is 12.1 Å². The van der Waals surface area contributed by atoms with Gasteiger partial charge in [-0.1, -0.05) is 24.8 Å². The van der Waals surface area contributed by atoms with Crippen LogP contribution in [-0.4, -0.2) is 42.5 Å². The fraction of sp³-hybridized carbons (Fsp3) is 0.529. The molecule has 6 heteroatoms. The molecule has 1 N–H and O–H groups in total. The zero-order valence-electron chi connectivity index (χ0n) is 13.9. The van der Waals surface area contributed by atoms with E-state index < -0.39 is 41.8 Å². The number of carbonyl (C=O) groups is 2. The van der Waals surface area contributed by atoms with Crippen molar-refractivity contribution in [2.45, 2.75) is 44.6 Å². The predicted octanol–water partition coefficient (Wildman–Crippen LogP) is 2.36. The first kappa shape index (κ1) is 19.0. The summed E-state index contributed by atoms with van der Waals surface area (Å²) in [4.78, 5) is 24.3. The maximum atomic E-state index is 12.3. The highest BCUT2D eigenvalue weighted by Crippen LogP contribution is 2.30. The molecule has 128 valence electrons. The van der Waals surface area contributed by atoms with Crippen LogP contribution in [0.1, 0.15) is 20.8 Å². The van der Waals surface area contributed by atoms with Crippen molar-refractivity contribution in [2.24, 2.45) is 5.92 Å². The van der Waals surface area contributed by atoms with E-state index in [2.05, 4.69) is 25.1 Å². The number of alkyl carbamates (subject to hydrolysis) is 1. The second-order valence-corrected chi connectivity index (χ2v) is 6.15. The van der Waals surface area contributed by atoms with Gasteiger partial charge in [-0.25, -0.2) is 4.79 Å². The third-order valence-electron chi connectivity index (χ3n) is 3.17. The van der Waals surface area contributed by atoms with Gasteiger partial charge in [-0.2, -0.15) is 0 Å². The Morgan fingerprint density at radius 1 is 1.17 bits per heavy atom.